The molecule has 0 aromatic carbocycles. The van der Waals surface area contributed by atoms with Crippen LogP contribution in [0.25, 0.3) is 0 Å². The minimum Gasteiger partial charge on any atom is -0.353 e. The van der Waals surface area contributed by atoms with Crippen LogP contribution in [0.2, 0.25) is 0 Å². The van der Waals surface area contributed by atoms with E-state index in [2.05, 4.69) is 5.32 Å². The first-order chi connectivity index (χ1) is 7.14. The van der Waals surface area contributed by atoms with Gasteiger partial charge in [-0.3, -0.25) is 4.79 Å². The number of carbonyl (C=O) groups is 1. The second kappa shape index (κ2) is 6.20. The normalized spacial score (nSPS) is 15.9. The molecule has 0 saturated carbocycles. The number of rotatable bonds is 6. The molecule has 0 aromatic heterocycles. The van der Waals surface area contributed by atoms with E-state index in [1.807, 2.05) is 13.8 Å². The zero-order chi connectivity index (χ0) is 12.9. The lowest BCUT2D eigenvalue weighted by atomic mass is 10.0. The van der Waals surface area contributed by atoms with Crippen molar-refractivity contribution < 1.29 is 13.2 Å². The Labute approximate surface area is 97.7 Å². The van der Waals surface area contributed by atoms with Crippen molar-refractivity contribution in [3.8, 4) is 0 Å². The molecule has 0 radical (unpaired) electrons. The Balaban J connectivity index is 4.08. The van der Waals surface area contributed by atoms with Crippen LogP contribution in [0.4, 0.5) is 0 Å². The average Bonchev–Trinajstić information content (AvgIpc) is 2.10. The number of carbonyl (C=O) groups excluding carboxylic acids is 1. The minimum atomic E-state index is -3.33. The molecule has 0 fully saturated rings. The van der Waals surface area contributed by atoms with Gasteiger partial charge in [-0.25, -0.2) is 8.42 Å². The molecule has 0 rings (SSSR count). The van der Waals surface area contributed by atoms with Crippen molar-refractivity contribution >= 4 is 15.7 Å². The highest BCUT2D eigenvalue weighted by Gasteiger charge is 2.23. The largest absolute Gasteiger partial charge is 0.353 e. The van der Waals surface area contributed by atoms with Gasteiger partial charge in [0, 0.05) is 18.8 Å². The maximum Gasteiger partial charge on any atom is 0.238 e. The first kappa shape index (κ1) is 15.4. The van der Waals surface area contributed by atoms with Crippen LogP contribution in [-0.2, 0) is 14.6 Å². The number of nitrogens with one attached hydrogen (secondary N) is 1. The van der Waals surface area contributed by atoms with E-state index < -0.39 is 21.0 Å². The third kappa shape index (κ3) is 6.07. The molecular formula is C10H22N2O3S. The van der Waals surface area contributed by atoms with Crippen molar-refractivity contribution in [1.29, 1.82) is 0 Å². The quantitative estimate of drug-likeness (QED) is 0.689. The van der Waals surface area contributed by atoms with Gasteiger partial charge >= 0.3 is 0 Å². The molecule has 0 heterocycles. The summed E-state index contributed by atoms with van der Waals surface area (Å²) in [6, 6.07) is -0.129. The molecule has 16 heavy (non-hydrogen) atoms. The number of hydrogen-bond donors (Lipinski definition) is 2. The van der Waals surface area contributed by atoms with Crippen LogP contribution in [0, 0.1) is 5.92 Å². The first-order valence-electron chi connectivity index (χ1n) is 5.36. The predicted molar refractivity (Wildman–Crippen MR) is 64.7 cm³/mol. The van der Waals surface area contributed by atoms with Crippen LogP contribution in [0.15, 0.2) is 0 Å². The minimum absolute atomic E-state index is 0.129. The fraction of sp³-hybridized carbons (Fsp3) is 0.900. The van der Waals surface area contributed by atoms with Crippen LogP contribution in [0.5, 0.6) is 0 Å². The van der Waals surface area contributed by atoms with E-state index in [0.717, 1.165) is 12.7 Å². The summed E-state index contributed by atoms with van der Waals surface area (Å²) < 4.78 is 22.2. The highest BCUT2D eigenvalue weighted by molar-refractivity contribution is 7.92. The fourth-order valence-corrected chi connectivity index (χ4v) is 1.73. The number of nitrogens with two attached hydrogens (primary N) is 1. The zero-order valence-electron chi connectivity index (χ0n) is 10.4. The molecule has 0 saturated heterocycles. The van der Waals surface area contributed by atoms with Gasteiger partial charge in [-0.05, 0) is 19.3 Å². The topological polar surface area (TPSA) is 89.3 Å². The summed E-state index contributed by atoms with van der Waals surface area (Å²) in [6.07, 6.45) is 1.85. The highest BCUT2D eigenvalue weighted by atomic mass is 32.2. The first-order valence-corrected chi connectivity index (χ1v) is 7.32. The SMILES string of the molecule is CC(C)CC(N)CNC(=O)C(C)S(C)(=O)=O. The summed E-state index contributed by atoms with van der Waals surface area (Å²) in [6.45, 7) is 5.77. The molecule has 3 N–H and O–H groups in total. The Kier molecular flexibility index (Phi) is 5.96. The summed E-state index contributed by atoms with van der Waals surface area (Å²) in [7, 11) is -3.33. The van der Waals surface area contributed by atoms with Crippen LogP contribution in [0.1, 0.15) is 27.2 Å². The van der Waals surface area contributed by atoms with Gasteiger partial charge in [0.15, 0.2) is 9.84 Å². The Morgan fingerprint density at radius 1 is 1.31 bits per heavy atom. The molecule has 0 aliphatic carbocycles. The maximum absolute atomic E-state index is 11.4. The van der Waals surface area contributed by atoms with Crippen molar-refractivity contribution in [3.63, 3.8) is 0 Å². The summed E-state index contributed by atoms with van der Waals surface area (Å²) >= 11 is 0. The lowest BCUT2D eigenvalue weighted by molar-refractivity contribution is -0.120. The Morgan fingerprint density at radius 2 is 1.81 bits per heavy atom. The van der Waals surface area contributed by atoms with E-state index in [0.29, 0.717) is 12.5 Å². The molecule has 6 heteroatoms. The van der Waals surface area contributed by atoms with Gasteiger partial charge in [-0.2, -0.15) is 0 Å². The predicted octanol–water partition coefficient (Wildman–Crippen LogP) is -0.0909. The summed E-state index contributed by atoms with van der Waals surface area (Å²) in [4.78, 5) is 11.4. The molecule has 5 nitrogen and oxygen atoms in total. The van der Waals surface area contributed by atoms with Crippen molar-refractivity contribution in [1.82, 2.24) is 5.32 Å². The number of sulfone groups is 1. The van der Waals surface area contributed by atoms with Gasteiger partial charge in [0.2, 0.25) is 5.91 Å². The van der Waals surface area contributed by atoms with Crippen molar-refractivity contribution in [2.75, 3.05) is 12.8 Å². The molecule has 0 spiro atoms. The number of hydrogen-bond acceptors (Lipinski definition) is 4. The zero-order valence-corrected chi connectivity index (χ0v) is 11.2. The van der Waals surface area contributed by atoms with E-state index in [1.54, 1.807) is 0 Å². The lowest BCUT2D eigenvalue weighted by Crippen LogP contribution is -2.43. The van der Waals surface area contributed by atoms with Gasteiger partial charge in [-0.1, -0.05) is 13.8 Å². The molecule has 1 amide bonds. The molecule has 0 aliphatic rings. The van der Waals surface area contributed by atoms with Gasteiger partial charge in [0.05, 0.1) is 0 Å². The van der Waals surface area contributed by atoms with E-state index in [1.165, 1.54) is 6.92 Å². The van der Waals surface area contributed by atoms with Crippen LogP contribution in [-0.4, -0.2) is 38.4 Å². The number of amides is 1. The van der Waals surface area contributed by atoms with Gasteiger partial charge in [-0.15, -0.1) is 0 Å². The van der Waals surface area contributed by atoms with Crippen LogP contribution >= 0.6 is 0 Å². The van der Waals surface area contributed by atoms with Gasteiger partial charge < -0.3 is 11.1 Å². The summed E-state index contributed by atoms with van der Waals surface area (Å²) in [5, 5.41) is 1.54. The van der Waals surface area contributed by atoms with Crippen molar-refractivity contribution in [2.24, 2.45) is 11.7 Å². The average molecular weight is 250 g/mol. The summed E-state index contributed by atoms with van der Waals surface area (Å²) in [5.41, 5.74) is 5.77. The van der Waals surface area contributed by atoms with E-state index >= 15 is 0 Å². The second-order valence-corrected chi connectivity index (χ2v) is 6.97. The third-order valence-corrected chi connectivity index (χ3v) is 3.82. The van der Waals surface area contributed by atoms with Crippen LogP contribution < -0.4 is 11.1 Å². The third-order valence-electron chi connectivity index (χ3n) is 2.32. The second-order valence-electron chi connectivity index (χ2n) is 4.61. The highest BCUT2D eigenvalue weighted by Crippen LogP contribution is 2.02. The molecule has 96 valence electrons. The molecule has 2 unspecified atom stereocenters. The van der Waals surface area contributed by atoms with E-state index in [9.17, 15) is 13.2 Å². The Hall–Kier alpha value is -0.620. The molecule has 0 aliphatic heterocycles. The fourth-order valence-electron chi connectivity index (χ4n) is 1.26. The monoisotopic (exact) mass is 250 g/mol. The van der Waals surface area contributed by atoms with E-state index in [4.69, 9.17) is 5.73 Å². The molecule has 0 aromatic rings. The van der Waals surface area contributed by atoms with Gasteiger partial charge in [0.25, 0.3) is 0 Å². The van der Waals surface area contributed by atoms with E-state index in [-0.39, 0.29) is 6.04 Å². The van der Waals surface area contributed by atoms with Gasteiger partial charge in [0.1, 0.15) is 5.25 Å². The molecule has 0 bridgehead atoms. The van der Waals surface area contributed by atoms with Crippen molar-refractivity contribution in [2.45, 2.75) is 38.5 Å². The maximum atomic E-state index is 11.4. The molecule has 2 atom stereocenters. The summed E-state index contributed by atoms with van der Waals surface area (Å²) in [5.74, 6) is -0.0269. The Bertz CT molecular complexity index is 325. The Morgan fingerprint density at radius 3 is 2.19 bits per heavy atom. The molecular weight excluding hydrogens is 228 g/mol. The lowest BCUT2D eigenvalue weighted by Gasteiger charge is -2.16. The standard InChI is InChI=1S/C10H22N2O3S/c1-7(2)5-9(11)6-12-10(13)8(3)16(4,14)15/h7-9H,5-6,11H2,1-4H3,(H,12,13). The van der Waals surface area contributed by atoms with Crippen LogP contribution in [0.3, 0.4) is 0 Å². The smallest absolute Gasteiger partial charge is 0.238 e. The van der Waals surface area contributed by atoms with Crippen molar-refractivity contribution in [3.05, 3.63) is 0 Å².